The molecule has 0 bridgehead atoms. The quantitative estimate of drug-likeness (QED) is 0.357. The molecule has 2 rings (SSSR count). The highest BCUT2D eigenvalue weighted by molar-refractivity contribution is 8.20. The molecule has 0 amide bonds. The molecule has 0 radical (unpaired) electrons. The molecule has 27 heavy (non-hydrogen) atoms. The van der Waals surface area contributed by atoms with Crippen LogP contribution in [0.5, 0.6) is 0 Å². The predicted octanol–water partition coefficient (Wildman–Crippen LogP) is 5.85. The lowest BCUT2D eigenvalue weighted by Crippen LogP contribution is -2.04. The van der Waals surface area contributed by atoms with Crippen molar-refractivity contribution in [1.82, 2.24) is 10.3 Å². The normalized spacial score (nSPS) is 12.0. The van der Waals surface area contributed by atoms with E-state index in [-0.39, 0.29) is 0 Å². The third-order valence-electron chi connectivity index (χ3n) is 4.10. The van der Waals surface area contributed by atoms with Gasteiger partial charge in [0.2, 0.25) is 0 Å². The molecule has 0 spiro atoms. The largest absolute Gasteiger partial charge is 0.388 e. The summed E-state index contributed by atoms with van der Waals surface area (Å²) in [5.74, 6) is 0. The van der Waals surface area contributed by atoms with Crippen molar-refractivity contribution in [2.75, 3.05) is 14.1 Å². The number of hydrogen-bond acceptors (Lipinski definition) is 4. The van der Waals surface area contributed by atoms with Gasteiger partial charge in [-0.3, -0.25) is 9.98 Å². The number of allylic oxidation sites excluding steroid dienone is 4. The zero-order chi connectivity index (χ0) is 19.8. The fourth-order valence-corrected chi connectivity index (χ4v) is 2.93. The van der Waals surface area contributed by atoms with Crippen molar-refractivity contribution in [3.8, 4) is 0 Å². The second-order valence-corrected chi connectivity index (χ2v) is 6.81. The number of pyridine rings is 1. The van der Waals surface area contributed by atoms with Gasteiger partial charge in [-0.2, -0.15) is 0 Å². The number of rotatable bonds is 8. The number of nitrogens with one attached hydrogen (secondary N) is 1. The Bertz CT molecular complexity index is 965. The van der Waals surface area contributed by atoms with E-state index in [9.17, 15) is 0 Å². The molecular weight excluding hydrogens is 350 g/mol. The molecular formula is C23H25N3S. The lowest BCUT2D eigenvalue weighted by Gasteiger charge is -2.08. The third-order valence-corrected chi connectivity index (χ3v) is 4.94. The second-order valence-electron chi connectivity index (χ2n) is 5.87. The van der Waals surface area contributed by atoms with Crippen LogP contribution in [0.1, 0.15) is 18.2 Å². The highest BCUT2D eigenvalue weighted by atomic mass is 32.2. The van der Waals surface area contributed by atoms with Gasteiger partial charge in [0.15, 0.2) is 0 Å². The van der Waals surface area contributed by atoms with E-state index < -0.39 is 0 Å². The van der Waals surface area contributed by atoms with E-state index >= 15 is 0 Å². The molecule has 138 valence electrons. The summed E-state index contributed by atoms with van der Waals surface area (Å²) in [6, 6.07) is 8.37. The molecule has 1 aromatic heterocycles. The third kappa shape index (κ3) is 5.31. The fourth-order valence-electron chi connectivity index (χ4n) is 2.44. The van der Waals surface area contributed by atoms with E-state index in [2.05, 4.69) is 59.3 Å². The minimum Gasteiger partial charge on any atom is -0.388 e. The van der Waals surface area contributed by atoms with Gasteiger partial charge in [-0.1, -0.05) is 61.9 Å². The standard InChI is InChI=1S/C23H25N3S/c1-7-19(9-8-16(2)17(3)25-6)23-13-22-12-20(18(4)27-15-24-5)10-11-21(22)14-26-23/h7-15,25H,2-4H2,1,5-6H3/b9-8-,19-7+,24-15-. The fraction of sp³-hybridized carbons (Fsp3) is 0.130. The van der Waals surface area contributed by atoms with E-state index in [1.807, 2.05) is 38.4 Å². The van der Waals surface area contributed by atoms with Crippen molar-refractivity contribution in [3.05, 3.63) is 91.0 Å². The lowest BCUT2D eigenvalue weighted by atomic mass is 10.0. The zero-order valence-electron chi connectivity index (χ0n) is 16.1. The Morgan fingerprint density at radius 1 is 1.15 bits per heavy atom. The van der Waals surface area contributed by atoms with E-state index in [4.69, 9.17) is 0 Å². The van der Waals surface area contributed by atoms with Crippen LogP contribution in [0.15, 0.2) is 84.7 Å². The monoisotopic (exact) mass is 375 g/mol. The summed E-state index contributed by atoms with van der Waals surface area (Å²) >= 11 is 1.52. The average molecular weight is 376 g/mol. The zero-order valence-corrected chi connectivity index (χ0v) is 16.9. The molecule has 3 nitrogen and oxygen atoms in total. The molecule has 4 heteroatoms. The molecule has 0 unspecified atom stereocenters. The number of likely N-dealkylation sites (N-methyl/N-ethyl adjacent to an activating group) is 1. The first-order valence-electron chi connectivity index (χ1n) is 8.57. The van der Waals surface area contributed by atoms with Crippen molar-refractivity contribution in [1.29, 1.82) is 0 Å². The van der Waals surface area contributed by atoms with Gasteiger partial charge in [-0.05, 0) is 41.2 Å². The lowest BCUT2D eigenvalue weighted by molar-refractivity contribution is 1.02. The van der Waals surface area contributed by atoms with Gasteiger partial charge >= 0.3 is 0 Å². The number of hydrogen-bond donors (Lipinski definition) is 1. The molecule has 1 N–H and O–H groups in total. The van der Waals surface area contributed by atoms with Crippen LogP contribution in [-0.2, 0) is 0 Å². The SMILES string of the molecule is C=C(/C=C\C(=C/C)c1cc2cc(C(=C)S/C=N\C)ccc2cn1)C(=C)NC. The topological polar surface area (TPSA) is 37.3 Å². The van der Waals surface area contributed by atoms with E-state index in [1.54, 1.807) is 12.6 Å². The van der Waals surface area contributed by atoms with Crippen molar-refractivity contribution in [2.24, 2.45) is 4.99 Å². The Labute approximate surface area is 166 Å². The summed E-state index contributed by atoms with van der Waals surface area (Å²) in [5.41, 5.74) is 6.45. The number of aromatic nitrogens is 1. The average Bonchev–Trinajstić information content (AvgIpc) is 2.70. The van der Waals surface area contributed by atoms with Gasteiger partial charge in [0.05, 0.1) is 11.2 Å². The maximum Gasteiger partial charge on any atom is 0.0705 e. The first kappa shape index (κ1) is 20.5. The van der Waals surface area contributed by atoms with Crippen molar-refractivity contribution < 1.29 is 0 Å². The minimum absolute atomic E-state index is 0.796. The maximum absolute atomic E-state index is 4.61. The maximum atomic E-state index is 4.61. The van der Waals surface area contributed by atoms with E-state index in [1.165, 1.54) is 11.8 Å². The highest BCUT2D eigenvalue weighted by Gasteiger charge is 2.05. The van der Waals surface area contributed by atoms with Gasteiger partial charge in [0, 0.05) is 36.3 Å². The Morgan fingerprint density at radius 2 is 1.93 bits per heavy atom. The van der Waals surface area contributed by atoms with Crippen LogP contribution in [0.2, 0.25) is 0 Å². The molecule has 1 heterocycles. The number of benzene rings is 1. The molecule has 0 saturated carbocycles. The minimum atomic E-state index is 0.796. The Morgan fingerprint density at radius 3 is 2.59 bits per heavy atom. The van der Waals surface area contributed by atoms with Gasteiger partial charge in [-0.25, -0.2) is 0 Å². The van der Waals surface area contributed by atoms with Crippen molar-refractivity contribution >= 4 is 38.6 Å². The molecule has 0 aliphatic rings. The summed E-state index contributed by atoms with van der Waals surface area (Å²) in [5, 5.41) is 5.22. The van der Waals surface area contributed by atoms with Crippen molar-refractivity contribution in [3.63, 3.8) is 0 Å². The van der Waals surface area contributed by atoms with Gasteiger partial charge in [-0.15, -0.1) is 0 Å². The van der Waals surface area contributed by atoms with Crippen LogP contribution >= 0.6 is 11.8 Å². The Hall–Kier alpha value is -2.85. The summed E-state index contributed by atoms with van der Waals surface area (Å²) in [6.45, 7) is 14.1. The molecule has 1 aromatic carbocycles. The summed E-state index contributed by atoms with van der Waals surface area (Å²) < 4.78 is 0. The number of nitrogens with zero attached hydrogens (tertiary/aromatic N) is 2. The van der Waals surface area contributed by atoms with Crippen molar-refractivity contribution in [2.45, 2.75) is 6.92 Å². The first-order chi connectivity index (χ1) is 13.0. The predicted molar refractivity (Wildman–Crippen MR) is 123 cm³/mol. The van der Waals surface area contributed by atoms with Gasteiger partial charge in [0.1, 0.15) is 0 Å². The molecule has 0 fully saturated rings. The number of thioether (sulfide) groups is 1. The Kier molecular flexibility index (Phi) is 7.38. The molecule has 0 atom stereocenters. The second kappa shape index (κ2) is 9.74. The molecule has 0 saturated heterocycles. The summed E-state index contributed by atoms with van der Waals surface area (Å²) in [7, 11) is 3.59. The van der Waals surface area contributed by atoms with Gasteiger partial charge in [0.25, 0.3) is 0 Å². The molecule has 0 aliphatic heterocycles. The van der Waals surface area contributed by atoms with Crippen LogP contribution < -0.4 is 5.32 Å². The van der Waals surface area contributed by atoms with E-state index in [0.29, 0.717) is 0 Å². The van der Waals surface area contributed by atoms with Gasteiger partial charge < -0.3 is 5.32 Å². The number of aliphatic imine (C=N–C) groups is 1. The number of fused-ring (bicyclic) bond motifs is 1. The smallest absolute Gasteiger partial charge is 0.0705 e. The van der Waals surface area contributed by atoms with Crippen LogP contribution in [0, 0.1) is 0 Å². The van der Waals surface area contributed by atoms with Crippen LogP contribution in [0.25, 0.3) is 21.3 Å². The Balaban J connectivity index is 2.35. The summed E-state index contributed by atoms with van der Waals surface area (Å²) in [4.78, 5) is 9.57. The van der Waals surface area contributed by atoms with Crippen LogP contribution in [0.4, 0.5) is 0 Å². The van der Waals surface area contributed by atoms with Crippen LogP contribution in [-0.4, -0.2) is 24.6 Å². The first-order valence-corrected chi connectivity index (χ1v) is 9.45. The molecule has 0 aliphatic carbocycles. The van der Waals surface area contributed by atoms with E-state index in [0.717, 1.165) is 43.8 Å². The summed E-state index contributed by atoms with van der Waals surface area (Å²) in [6.07, 6.45) is 7.89. The highest BCUT2D eigenvalue weighted by Crippen LogP contribution is 2.28. The van der Waals surface area contributed by atoms with Crippen LogP contribution in [0.3, 0.4) is 0 Å². The molecule has 2 aromatic rings.